The van der Waals surface area contributed by atoms with E-state index in [1.165, 1.54) is 0 Å². The third kappa shape index (κ3) is 5.77. The van der Waals surface area contributed by atoms with Crippen molar-refractivity contribution in [3.8, 4) is 0 Å². The van der Waals surface area contributed by atoms with E-state index >= 15 is 0 Å². The number of carbonyl (C=O) groups excluding carboxylic acids is 2. The van der Waals surface area contributed by atoms with Crippen molar-refractivity contribution in [1.29, 1.82) is 0 Å². The van der Waals surface area contributed by atoms with Crippen molar-refractivity contribution in [1.82, 2.24) is 20.2 Å². The minimum absolute atomic E-state index is 0.0917. The monoisotopic (exact) mass is 476 g/mol. The molecule has 2 N–H and O–H groups in total. The Hall–Kier alpha value is -3.52. The van der Waals surface area contributed by atoms with Gasteiger partial charge in [0, 0.05) is 18.7 Å². The van der Waals surface area contributed by atoms with Crippen LogP contribution in [0.15, 0.2) is 53.3 Å². The number of fused-ring (bicyclic) bond motifs is 1. The van der Waals surface area contributed by atoms with Crippen molar-refractivity contribution in [2.75, 3.05) is 13.2 Å². The number of hydrogen-bond donors (Lipinski definition) is 2. The highest BCUT2D eigenvalue weighted by atomic mass is 16.5. The van der Waals surface area contributed by atoms with Crippen molar-refractivity contribution >= 4 is 22.7 Å². The van der Waals surface area contributed by atoms with Gasteiger partial charge in [-0.25, -0.2) is 4.98 Å². The maximum Gasteiger partial charge on any atom is 0.258 e. The summed E-state index contributed by atoms with van der Waals surface area (Å²) >= 11 is 0. The minimum Gasteiger partial charge on any atom is -0.376 e. The van der Waals surface area contributed by atoms with Crippen LogP contribution in [0.2, 0.25) is 0 Å². The highest BCUT2D eigenvalue weighted by Gasteiger charge is 2.32. The summed E-state index contributed by atoms with van der Waals surface area (Å²) in [4.78, 5) is 48.5. The number of carbonyl (C=O) groups is 2. The first-order chi connectivity index (χ1) is 16.8. The van der Waals surface area contributed by atoms with Crippen LogP contribution in [0.3, 0.4) is 0 Å². The van der Waals surface area contributed by atoms with Gasteiger partial charge in [-0.2, -0.15) is 0 Å². The molecule has 1 aromatic heterocycles. The zero-order valence-corrected chi connectivity index (χ0v) is 20.4. The molecule has 0 saturated carbocycles. The van der Waals surface area contributed by atoms with Gasteiger partial charge < -0.3 is 19.9 Å². The molecule has 2 amide bonds. The first kappa shape index (κ1) is 24.6. The number of aromatic amines is 1. The lowest BCUT2D eigenvalue weighted by molar-refractivity contribution is -0.136. The van der Waals surface area contributed by atoms with Crippen LogP contribution in [0.1, 0.15) is 48.4 Å². The number of nitrogens with one attached hydrogen (secondary N) is 2. The van der Waals surface area contributed by atoms with Gasteiger partial charge in [-0.15, -0.1) is 0 Å². The molecule has 0 radical (unpaired) electrons. The summed E-state index contributed by atoms with van der Waals surface area (Å²) in [6.45, 7) is 6.81. The molecule has 4 rings (SSSR count). The van der Waals surface area contributed by atoms with Gasteiger partial charge in [0.2, 0.25) is 5.91 Å². The number of ether oxygens (including phenoxy) is 1. The van der Waals surface area contributed by atoms with Gasteiger partial charge in [-0.3, -0.25) is 14.4 Å². The number of rotatable bonds is 8. The molecular weight excluding hydrogens is 444 g/mol. The van der Waals surface area contributed by atoms with E-state index in [1.807, 2.05) is 39.0 Å². The van der Waals surface area contributed by atoms with E-state index in [2.05, 4.69) is 15.3 Å². The lowest BCUT2D eigenvalue weighted by atomic mass is 10.0. The first-order valence-corrected chi connectivity index (χ1v) is 12.1. The summed E-state index contributed by atoms with van der Waals surface area (Å²) in [6.07, 6.45) is 1.70. The second-order valence-corrected chi connectivity index (χ2v) is 9.39. The number of aromatic nitrogens is 2. The van der Waals surface area contributed by atoms with Gasteiger partial charge in [-0.1, -0.05) is 44.2 Å². The Kier molecular flexibility index (Phi) is 7.60. The predicted molar refractivity (Wildman–Crippen MR) is 134 cm³/mol. The average molecular weight is 477 g/mol. The Morgan fingerprint density at radius 2 is 1.91 bits per heavy atom. The second kappa shape index (κ2) is 10.8. The molecule has 1 saturated heterocycles. The fraction of sp³-hybridized carbons (Fsp3) is 0.407. The number of hydrogen-bond acceptors (Lipinski definition) is 5. The van der Waals surface area contributed by atoms with Crippen molar-refractivity contribution in [2.45, 2.75) is 52.3 Å². The van der Waals surface area contributed by atoms with Crippen LogP contribution in [-0.2, 0) is 16.1 Å². The Labute approximate surface area is 204 Å². The van der Waals surface area contributed by atoms with Crippen molar-refractivity contribution in [3.05, 3.63) is 75.8 Å². The van der Waals surface area contributed by atoms with Crippen LogP contribution in [0, 0.1) is 12.8 Å². The number of nitrogens with zero attached hydrogens (tertiary/aromatic N) is 2. The molecule has 2 atom stereocenters. The van der Waals surface area contributed by atoms with E-state index in [-0.39, 0.29) is 35.9 Å². The van der Waals surface area contributed by atoms with Gasteiger partial charge in [0.15, 0.2) is 0 Å². The zero-order chi connectivity index (χ0) is 24.9. The van der Waals surface area contributed by atoms with Crippen LogP contribution in [0.4, 0.5) is 0 Å². The smallest absolute Gasteiger partial charge is 0.258 e. The number of H-pyrrole nitrogens is 1. The predicted octanol–water partition coefficient (Wildman–Crippen LogP) is 3.19. The number of para-hydroxylation sites is 1. The Morgan fingerprint density at radius 3 is 2.63 bits per heavy atom. The third-order valence-corrected chi connectivity index (χ3v) is 6.37. The van der Waals surface area contributed by atoms with Gasteiger partial charge in [0.25, 0.3) is 11.5 Å². The summed E-state index contributed by atoms with van der Waals surface area (Å²) in [7, 11) is 0. The SMILES string of the molecule is Cc1ccccc1C(=O)NC(C(=O)N(Cc1nc2ccccc2c(=O)[nH]1)CC1CCCO1)C(C)C. The molecule has 2 aromatic carbocycles. The lowest BCUT2D eigenvalue weighted by Crippen LogP contribution is -2.52. The molecular formula is C27H32N4O4. The topological polar surface area (TPSA) is 104 Å². The quantitative estimate of drug-likeness (QED) is 0.520. The molecule has 0 spiro atoms. The fourth-order valence-corrected chi connectivity index (χ4v) is 4.41. The summed E-state index contributed by atoms with van der Waals surface area (Å²) in [5.41, 5.74) is 1.71. The molecule has 3 aromatic rings. The summed E-state index contributed by atoms with van der Waals surface area (Å²) in [6, 6.07) is 13.7. The maximum absolute atomic E-state index is 13.8. The normalized spacial score (nSPS) is 16.4. The van der Waals surface area contributed by atoms with Crippen LogP contribution >= 0.6 is 0 Å². The van der Waals surface area contributed by atoms with Gasteiger partial charge in [-0.05, 0) is 49.4 Å². The second-order valence-electron chi connectivity index (χ2n) is 9.39. The molecule has 1 aliphatic rings. The average Bonchev–Trinajstić information content (AvgIpc) is 3.35. The lowest BCUT2D eigenvalue weighted by Gasteiger charge is -2.31. The maximum atomic E-state index is 13.8. The van der Waals surface area contributed by atoms with Crippen LogP contribution in [-0.4, -0.2) is 52.0 Å². The van der Waals surface area contributed by atoms with Crippen molar-refractivity contribution in [2.24, 2.45) is 5.92 Å². The summed E-state index contributed by atoms with van der Waals surface area (Å²) < 4.78 is 5.80. The summed E-state index contributed by atoms with van der Waals surface area (Å²) in [5.74, 6) is -0.267. The van der Waals surface area contributed by atoms with Crippen molar-refractivity contribution < 1.29 is 14.3 Å². The molecule has 0 bridgehead atoms. The molecule has 8 nitrogen and oxygen atoms in total. The standard InChI is InChI=1S/C27H32N4O4/c1-17(2)24(30-25(32)20-11-5-4-9-18(20)3)27(34)31(15-19-10-8-14-35-19)16-23-28-22-13-7-6-12-21(22)26(33)29-23/h4-7,9,11-13,17,19,24H,8,10,14-16H2,1-3H3,(H,30,32)(H,28,29,33). The molecule has 2 unspecified atom stereocenters. The van der Waals surface area contributed by atoms with Crippen LogP contribution in [0.5, 0.6) is 0 Å². The number of aryl methyl sites for hydroxylation is 1. The fourth-order valence-electron chi connectivity index (χ4n) is 4.41. The van der Waals surface area contributed by atoms with Gasteiger partial charge in [0.05, 0.1) is 23.6 Å². The molecule has 0 aliphatic carbocycles. The summed E-state index contributed by atoms with van der Waals surface area (Å²) in [5, 5.41) is 3.44. The molecule has 184 valence electrons. The molecule has 1 aliphatic heterocycles. The van der Waals surface area contributed by atoms with E-state index in [4.69, 9.17) is 4.74 Å². The zero-order valence-electron chi connectivity index (χ0n) is 20.4. The Bertz CT molecular complexity index is 1260. The van der Waals surface area contributed by atoms with Crippen molar-refractivity contribution in [3.63, 3.8) is 0 Å². The minimum atomic E-state index is -0.740. The van der Waals surface area contributed by atoms with E-state index in [0.29, 0.717) is 35.4 Å². The molecule has 8 heteroatoms. The highest BCUT2D eigenvalue weighted by molar-refractivity contribution is 5.98. The van der Waals surface area contributed by atoms with E-state index < -0.39 is 6.04 Å². The third-order valence-electron chi connectivity index (χ3n) is 6.37. The number of benzene rings is 2. The molecule has 1 fully saturated rings. The van der Waals surface area contributed by atoms with Gasteiger partial charge >= 0.3 is 0 Å². The Morgan fingerprint density at radius 1 is 1.17 bits per heavy atom. The van der Waals surface area contributed by atoms with E-state index in [1.54, 1.807) is 35.2 Å². The molecule has 35 heavy (non-hydrogen) atoms. The van der Waals surface area contributed by atoms with E-state index in [9.17, 15) is 14.4 Å². The van der Waals surface area contributed by atoms with E-state index in [0.717, 1.165) is 18.4 Å². The van der Waals surface area contributed by atoms with Crippen LogP contribution in [0.25, 0.3) is 10.9 Å². The number of amides is 2. The van der Waals surface area contributed by atoms with Gasteiger partial charge in [0.1, 0.15) is 11.9 Å². The largest absolute Gasteiger partial charge is 0.376 e. The highest BCUT2D eigenvalue weighted by Crippen LogP contribution is 2.18. The van der Waals surface area contributed by atoms with Crippen LogP contribution < -0.4 is 10.9 Å². The Balaban J connectivity index is 1.61. The first-order valence-electron chi connectivity index (χ1n) is 12.1. The molecule has 2 heterocycles.